The van der Waals surface area contributed by atoms with Crippen molar-refractivity contribution in [1.29, 1.82) is 0 Å². The number of amides is 1. The number of piperidine rings is 1. The molecule has 1 aromatic rings. The van der Waals surface area contributed by atoms with E-state index in [1.165, 1.54) is 5.56 Å². The van der Waals surface area contributed by atoms with Gasteiger partial charge in [-0.3, -0.25) is 9.69 Å². The third-order valence-electron chi connectivity index (χ3n) is 4.50. The normalized spacial score (nSPS) is 27.1. The maximum absolute atomic E-state index is 12.1. The second kappa shape index (κ2) is 5.97. The van der Waals surface area contributed by atoms with Crippen molar-refractivity contribution in [1.82, 2.24) is 9.80 Å². The molecule has 0 spiro atoms. The fourth-order valence-corrected chi connectivity index (χ4v) is 3.53. The molecular weight excluding hydrogens is 256 g/mol. The Morgan fingerprint density at radius 3 is 3.05 bits per heavy atom. The molecule has 0 aromatic carbocycles. The zero-order valence-corrected chi connectivity index (χ0v) is 12.0. The summed E-state index contributed by atoms with van der Waals surface area (Å²) in [7, 11) is 1.69. The van der Waals surface area contributed by atoms with Crippen LogP contribution in [0.5, 0.6) is 0 Å². The van der Waals surface area contributed by atoms with Crippen molar-refractivity contribution in [2.45, 2.75) is 37.9 Å². The molecule has 0 aliphatic carbocycles. The van der Waals surface area contributed by atoms with Crippen molar-refractivity contribution in [2.75, 3.05) is 26.8 Å². The summed E-state index contributed by atoms with van der Waals surface area (Å²) in [6.07, 6.45) is 6.23. The summed E-state index contributed by atoms with van der Waals surface area (Å²) in [6.45, 7) is 3.31. The summed E-state index contributed by atoms with van der Waals surface area (Å²) in [5, 5.41) is 0. The van der Waals surface area contributed by atoms with Gasteiger partial charge < -0.3 is 14.1 Å². The van der Waals surface area contributed by atoms with Crippen molar-refractivity contribution in [3.05, 3.63) is 24.2 Å². The number of likely N-dealkylation sites (tertiary alicyclic amines) is 2. The van der Waals surface area contributed by atoms with Gasteiger partial charge in [-0.2, -0.15) is 0 Å². The lowest BCUT2D eigenvalue weighted by atomic mass is 9.96. The van der Waals surface area contributed by atoms with Crippen LogP contribution in [0.15, 0.2) is 23.0 Å². The smallest absolute Gasteiger partial charge is 0.223 e. The van der Waals surface area contributed by atoms with Gasteiger partial charge in [0.2, 0.25) is 5.91 Å². The highest BCUT2D eigenvalue weighted by molar-refractivity contribution is 5.77. The van der Waals surface area contributed by atoms with Crippen molar-refractivity contribution < 1.29 is 13.9 Å². The van der Waals surface area contributed by atoms with Crippen LogP contribution in [-0.4, -0.2) is 54.6 Å². The van der Waals surface area contributed by atoms with E-state index in [2.05, 4.69) is 4.90 Å². The lowest BCUT2D eigenvalue weighted by molar-refractivity contribution is -0.138. The molecule has 0 unspecified atom stereocenters. The van der Waals surface area contributed by atoms with Gasteiger partial charge >= 0.3 is 0 Å². The Balaban J connectivity index is 1.67. The van der Waals surface area contributed by atoms with Gasteiger partial charge in [0.1, 0.15) is 0 Å². The van der Waals surface area contributed by atoms with Crippen molar-refractivity contribution >= 4 is 5.91 Å². The maximum Gasteiger partial charge on any atom is 0.223 e. The number of carbonyl (C=O) groups is 1. The number of hydrogen-bond donors (Lipinski definition) is 0. The van der Waals surface area contributed by atoms with Gasteiger partial charge in [0.15, 0.2) is 0 Å². The first-order valence-electron chi connectivity index (χ1n) is 7.33. The zero-order valence-electron chi connectivity index (χ0n) is 12.0. The number of nitrogens with zero attached hydrogens (tertiary/aromatic N) is 2. The molecule has 0 bridgehead atoms. The maximum atomic E-state index is 12.1. The molecule has 2 saturated heterocycles. The van der Waals surface area contributed by atoms with Crippen LogP contribution < -0.4 is 0 Å². The highest BCUT2D eigenvalue weighted by Gasteiger charge is 2.42. The first-order chi connectivity index (χ1) is 9.79. The third kappa shape index (κ3) is 2.60. The average Bonchev–Trinajstić information content (AvgIpc) is 3.08. The number of furan rings is 1. The Morgan fingerprint density at radius 2 is 2.30 bits per heavy atom. The Labute approximate surface area is 119 Å². The predicted molar refractivity (Wildman–Crippen MR) is 74.1 cm³/mol. The minimum Gasteiger partial charge on any atom is -0.472 e. The molecule has 2 aliphatic heterocycles. The molecule has 20 heavy (non-hydrogen) atoms. The Hall–Kier alpha value is -1.33. The van der Waals surface area contributed by atoms with E-state index in [0.29, 0.717) is 25.1 Å². The molecular formula is C15H22N2O3. The van der Waals surface area contributed by atoms with Crippen molar-refractivity contribution in [3.8, 4) is 0 Å². The van der Waals surface area contributed by atoms with E-state index in [0.717, 1.165) is 32.5 Å². The lowest BCUT2D eigenvalue weighted by Gasteiger charge is -2.39. The summed E-state index contributed by atoms with van der Waals surface area (Å²) in [5.74, 6) is 0.286. The molecule has 3 heterocycles. The zero-order chi connectivity index (χ0) is 13.9. The standard InChI is InChI=1S/C15H22N2O3/c1-19-9-7-17-14-4-6-16(10-12-5-8-20-11-12)13(14)2-3-15(17)18/h5,8,11,13-14H,2-4,6-7,9-10H2,1H3/t13-,14+/m0/s1. The highest BCUT2D eigenvalue weighted by Crippen LogP contribution is 2.32. The van der Waals surface area contributed by atoms with Crippen LogP contribution in [0.4, 0.5) is 0 Å². The molecule has 1 amide bonds. The van der Waals surface area contributed by atoms with E-state index >= 15 is 0 Å². The number of rotatable bonds is 5. The second-order valence-corrected chi connectivity index (χ2v) is 5.64. The average molecular weight is 278 g/mol. The quantitative estimate of drug-likeness (QED) is 0.818. The molecule has 2 aliphatic rings. The molecule has 110 valence electrons. The van der Waals surface area contributed by atoms with Crippen LogP contribution in [0, 0.1) is 0 Å². The Kier molecular flexibility index (Phi) is 4.08. The largest absolute Gasteiger partial charge is 0.472 e. The minimum atomic E-state index is 0.286. The number of fused-ring (bicyclic) bond motifs is 1. The summed E-state index contributed by atoms with van der Waals surface area (Å²) in [6, 6.07) is 2.86. The summed E-state index contributed by atoms with van der Waals surface area (Å²) >= 11 is 0. The second-order valence-electron chi connectivity index (χ2n) is 5.64. The van der Waals surface area contributed by atoms with E-state index in [1.54, 1.807) is 13.4 Å². The van der Waals surface area contributed by atoms with E-state index in [1.807, 2.05) is 17.2 Å². The molecule has 1 aromatic heterocycles. The van der Waals surface area contributed by atoms with Crippen LogP contribution in [0.3, 0.4) is 0 Å². The topological polar surface area (TPSA) is 45.9 Å². The minimum absolute atomic E-state index is 0.286. The first kappa shape index (κ1) is 13.6. The predicted octanol–water partition coefficient (Wildman–Crippen LogP) is 1.49. The molecule has 0 saturated carbocycles. The van der Waals surface area contributed by atoms with Crippen LogP contribution >= 0.6 is 0 Å². The van der Waals surface area contributed by atoms with Crippen LogP contribution in [0.25, 0.3) is 0 Å². The van der Waals surface area contributed by atoms with Gasteiger partial charge in [-0.25, -0.2) is 0 Å². The molecule has 2 atom stereocenters. The number of hydrogen-bond acceptors (Lipinski definition) is 4. The Morgan fingerprint density at radius 1 is 1.40 bits per heavy atom. The molecule has 5 heteroatoms. The monoisotopic (exact) mass is 278 g/mol. The van der Waals surface area contributed by atoms with E-state index < -0.39 is 0 Å². The molecule has 2 fully saturated rings. The number of methoxy groups -OCH3 is 1. The fraction of sp³-hybridized carbons (Fsp3) is 0.667. The van der Waals surface area contributed by atoms with Crippen LogP contribution in [0.1, 0.15) is 24.8 Å². The SMILES string of the molecule is COCCN1C(=O)CC[C@H]2[C@H]1CCN2Cc1ccoc1. The van der Waals surface area contributed by atoms with Crippen LogP contribution in [-0.2, 0) is 16.1 Å². The van der Waals surface area contributed by atoms with Crippen molar-refractivity contribution in [3.63, 3.8) is 0 Å². The van der Waals surface area contributed by atoms with E-state index in [-0.39, 0.29) is 5.91 Å². The third-order valence-corrected chi connectivity index (χ3v) is 4.50. The van der Waals surface area contributed by atoms with Gasteiger partial charge in [-0.15, -0.1) is 0 Å². The number of ether oxygens (including phenoxy) is 1. The summed E-state index contributed by atoms with van der Waals surface area (Å²) in [4.78, 5) is 16.6. The lowest BCUT2D eigenvalue weighted by Crippen LogP contribution is -2.52. The van der Waals surface area contributed by atoms with Gasteiger partial charge in [0, 0.05) is 50.8 Å². The molecule has 3 rings (SSSR count). The fourth-order valence-electron chi connectivity index (χ4n) is 3.53. The molecule has 5 nitrogen and oxygen atoms in total. The molecule has 0 radical (unpaired) electrons. The van der Waals surface area contributed by atoms with E-state index in [9.17, 15) is 4.79 Å². The molecule has 0 N–H and O–H groups in total. The van der Waals surface area contributed by atoms with Gasteiger partial charge in [-0.1, -0.05) is 0 Å². The highest BCUT2D eigenvalue weighted by atomic mass is 16.5. The van der Waals surface area contributed by atoms with Crippen molar-refractivity contribution in [2.24, 2.45) is 0 Å². The van der Waals surface area contributed by atoms with Gasteiger partial charge in [0.25, 0.3) is 0 Å². The van der Waals surface area contributed by atoms with Crippen LogP contribution in [0.2, 0.25) is 0 Å². The van der Waals surface area contributed by atoms with Gasteiger partial charge in [-0.05, 0) is 18.9 Å². The van der Waals surface area contributed by atoms with Gasteiger partial charge in [0.05, 0.1) is 19.1 Å². The summed E-state index contributed by atoms with van der Waals surface area (Å²) in [5.41, 5.74) is 1.21. The summed E-state index contributed by atoms with van der Waals surface area (Å²) < 4.78 is 10.3. The van der Waals surface area contributed by atoms with E-state index in [4.69, 9.17) is 9.15 Å². The number of carbonyl (C=O) groups excluding carboxylic acids is 1. The first-order valence-corrected chi connectivity index (χ1v) is 7.33. The Bertz CT molecular complexity index is 446.